The topological polar surface area (TPSA) is 78.0 Å². The Kier molecular flexibility index (Phi) is 4.25. The Hall–Kier alpha value is -2.28. The molecule has 24 heavy (non-hydrogen) atoms. The Morgan fingerprint density at radius 1 is 1.17 bits per heavy atom. The summed E-state index contributed by atoms with van der Waals surface area (Å²) >= 11 is 0. The van der Waals surface area contributed by atoms with Gasteiger partial charge >= 0.3 is 0 Å². The van der Waals surface area contributed by atoms with Crippen LogP contribution in [0, 0.1) is 0 Å². The lowest BCUT2D eigenvalue weighted by Crippen LogP contribution is -2.38. The van der Waals surface area contributed by atoms with Gasteiger partial charge in [-0.1, -0.05) is 0 Å². The Bertz CT molecular complexity index is 694. The fourth-order valence-corrected chi connectivity index (χ4v) is 3.62. The number of carbonyl (C=O) groups is 1. The van der Waals surface area contributed by atoms with Gasteiger partial charge in [-0.3, -0.25) is 19.8 Å². The zero-order valence-corrected chi connectivity index (χ0v) is 13.7. The van der Waals surface area contributed by atoms with Crippen molar-refractivity contribution in [2.24, 2.45) is 0 Å². The monoisotopic (exact) mass is 326 g/mol. The van der Waals surface area contributed by atoms with E-state index in [2.05, 4.69) is 25.1 Å². The van der Waals surface area contributed by atoms with E-state index in [1.807, 2.05) is 17.0 Å². The SMILES string of the molecule is O=C(CN1CCCC1c1nc(-c2ccncc2)n[nH]1)N1CCCC1. The molecule has 126 valence electrons. The molecule has 1 unspecified atom stereocenters. The van der Waals surface area contributed by atoms with E-state index in [4.69, 9.17) is 0 Å². The predicted molar refractivity (Wildman–Crippen MR) is 89.0 cm³/mol. The summed E-state index contributed by atoms with van der Waals surface area (Å²) in [5, 5.41) is 7.41. The van der Waals surface area contributed by atoms with Gasteiger partial charge in [-0.15, -0.1) is 0 Å². The average Bonchev–Trinajstić information content (AvgIpc) is 3.36. The van der Waals surface area contributed by atoms with E-state index in [1.54, 1.807) is 12.4 Å². The number of carbonyl (C=O) groups excluding carboxylic acids is 1. The van der Waals surface area contributed by atoms with Gasteiger partial charge in [0.2, 0.25) is 5.91 Å². The number of pyridine rings is 1. The fraction of sp³-hybridized carbons (Fsp3) is 0.529. The number of rotatable bonds is 4. The van der Waals surface area contributed by atoms with E-state index < -0.39 is 0 Å². The molecule has 7 heteroatoms. The highest BCUT2D eigenvalue weighted by molar-refractivity contribution is 5.78. The molecule has 2 aliphatic heterocycles. The number of amides is 1. The molecule has 4 rings (SSSR count). The molecule has 0 saturated carbocycles. The normalized spacial score (nSPS) is 21.5. The first-order valence-electron chi connectivity index (χ1n) is 8.66. The molecule has 0 aliphatic carbocycles. The molecule has 2 aromatic rings. The number of nitrogens with one attached hydrogen (secondary N) is 1. The molecular formula is C17H22N6O. The third-order valence-electron chi connectivity index (χ3n) is 4.92. The molecule has 1 amide bonds. The number of likely N-dealkylation sites (tertiary alicyclic amines) is 2. The Morgan fingerprint density at radius 2 is 1.96 bits per heavy atom. The van der Waals surface area contributed by atoms with E-state index >= 15 is 0 Å². The van der Waals surface area contributed by atoms with Crippen LogP contribution in [0.5, 0.6) is 0 Å². The number of H-pyrrole nitrogens is 1. The van der Waals surface area contributed by atoms with Crippen molar-refractivity contribution in [3.05, 3.63) is 30.4 Å². The van der Waals surface area contributed by atoms with Crippen molar-refractivity contribution in [1.82, 2.24) is 30.0 Å². The second-order valence-corrected chi connectivity index (χ2v) is 6.50. The second-order valence-electron chi connectivity index (χ2n) is 6.50. The Labute approximate surface area is 141 Å². The largest absolute Gasteiger partial charge is 0.342 e. The van der Waals surface area contributed by atoms with E-state index in [9.17, 15) is 4.79 Å². The maximum atomic E-state index is 12.4. The maximum Gasteiger partial charge on any atom is 0.236 e. The lowest BCUT2D eigenvalue weighted by molar-refractivity contribution is -0.131. The first kappa shape index (κ1) is 15.3. The van der Waals surface area contributed by atoms with E-state index in [0.29, 0.717) is 12.4 Å². The van der Waals surface area contributed by atoms with Gasteiger partial charge in [-0.25, -0.2) is 4.98 Å². The third kappa shape index (κ3) is 3.03. The lowest BCUT2D eigenvalue weighted by atomic mass is 10.2. The quantitative estimate of drug-likeness (QED) is 0.924. The Morgan fingerprint density at radius 3 is 2.75 bits per heavy atom. The number of hydrogen-bond acceptors (Lipinski definition) is 5. The molecule has 7 nitrogen and oxygen atoms in total. The van der Waals surface area contributed by atoms with Crippen LogP contribution in [-0.4, -0.2) is 62.1 Å². The molecule has 2 aromatic heterocycles. The van der Waals surface area contributed by atoms with E-state index in [0.717, 1.165) is 56.7 Å². The van der Waals surface area contributed by atoms with Gasteiger partial charge in [-0.05, 0) is 44.4 Å². The number of hydrogen-bond donors (Lipinski definition) is 1. The van der Waals surface area contributed by atoms with Gasteiger partial charge in [0, 0.05) is 31.0 Å². The van der Waals surface area contributed by atoms with Crippen LogP contribution in [0.4, 0.5) is 0 Å². The zero-order valence-electron chi connectivity index (χ0n) is 13.7. The summed E-state index contributed by atoms with van der Waals surface area (Å²) in [4.78, 5) is 25.3. The number of nitrogens with zero attached hydrogens (tertiary/aromatic N) is 5. The highest BCUT2D eigenvalue weighted by Gasteiger charge is 2.31. The van der Waals surface area contributed by atoms with Crippen molar-refractivity contribution in [2.45, 2.75) is 31.7 Å². The van der Waals surface area contributed by atoms with Gasteiger partial charge in [0.1, 0.15) is 5.82 Å². The van der Waals surface area contributed by atoms with Crippen molar-refractivity contribution in [3.8, 4) is 11.4 Å². The van der Waals surface area contributed by atoms with Crippen LogP contribution in [-0.2, 0) is 4.79 Å². The fourth-order valence-electron chi connectivity index (χ4n) is 3.62. The average molecular weight is 326 g/mol. The molecule has 0 bridgehead atoms. The van der Waals surface area contributed by atoms with Gasteiger partial charge in [0.15, 0.2) is 5.82 Å². The van der Waals surface area contributed by atoms with Gasteiger partial charge < -0.3 is 4.90 Å². The van der Waals surface area contributed by atoms with Crippen molar-refractivity contribution >= 4 is 5.91 Å². The van der Waals surface area contributed by atoms with Gasteiger partial charge in [-0.2, -0.15) is 5.10 Å². The summed E-state index contributed by atoms with van der Waals surface area (Å²) in [6, 6.07) is 3.95. The molecule has 2 saturated heterocycles. The third-order valence-corrected chi connectivity index (χ3v) is 4.92. The lowest BCUT2D eigenvalue weighted by Gasteiger charge is -2.24. The summed E-state index contributed by atoms with van der Waals surface area (Å²) in [5.41, 5.74) is 0.949. The molecule has 1 N–H and O–H groups in total. The molecule has 1 atom stereocenters. The van der Waals surface area contributed by atoms with Crippen molar-refractivity contribution < 1.29 is 4.79 Å². The highest BCUT2D eigenvalue weighted by atomic mass is 16.2. The minimum Gasteiger partial charge on any atom is -0.342 e. The van der Waals surface area contributed by atoms with Crippen LogP contribution >= 0.6 is 0 Å². The molecule has 2 aliphatic rings. The maximum absolute atomic E-state index is 12.4. The van der Waals surface area contributed by atoms with E-state index in [-0.39, 0.29) is 11.9 Å². The van der Waals surface area contributed by atoms with Gasteiger partial charge in [0.25, 0.3) is 0 Å². The van der Waals surface area contributed by atoms with E-state index in [1.165, 1.54) is 0 Å². The summed E-state index contributed by atoms with van der Waals surface area (Å²) in [6.45, 7) is 3.24. The van der Waals surface area contributed by atoms with Crippen LogP contribution in [0.15, 0.2) is 24.5 Å². The number of aromatic amines is 1. The molecular weight excluding hydrogens is 304 g/mol. The van der Waals surface area contributed by atoms with Crippen molar-refractivity contribution in [2.75, 3.05) is 26.2 Å². The first-order chi connectivity index (χ1) is 11.8. The van der Waals surface area contributed by atoms with Crippen LogP contribution in [0.25, 0.3) is 11.4 Å². The van der Waals surface area contributed by atoms with Crippen LogP contribution < -0.4 is 0 Å². The minimum absolute atomic E-state index is 0.152. The molecule has 0 radical (unpaired) electrons. The molecule has 0 spiro atoms. The summed E-state index contributed by atoms with van der Waals surface area (Å²) in [5.74, 6) is 1.78. The van der Waals surface area contributed by atoms with Crippen molar-refractivity contribution in [1.29, 1.82) is 0 Å². The van der Waals surface area contributed by atoms with Crippen molar-refractivity contribution in [3.63, 3.8) is 0 Å². The van der Waals surface area contributed by atoms with Gasteiger partial charge in [0.05, 0.1) is 12.6 Å². The zero-order chi connectivity index (χ0) is 16.4. The standard InChI is InChI=1S/C17H22N6O/c24-15(22-9-1-2-10-22)12-23-11-3-4-14(23)17-19-16(20-21-17)13-5-7-18-8-6-13/h5-8,14H,1-4,9-12H2,(H,19,20,21). The first-order valence-corrected chi connectivity index (χ1v) is 8.66. The summed E-state index contributed by atoms with van der Waals surface area (Å²) in [6.07, 6.45) is 7.84. The van der Waals surface area contributed by atoms with Crippen LogP contribution in [0.2, 0.25) is 0 Å². The van der Waals surface area contributed by atoms with Crippen LogP contribution in [0.1, 0.15) is 37.5 Å². The smallest absolute Gasteiger partial charge is 0.236 e. The Balaban J connectivity index is 1.47. The minimum atomic E-state index is 0.152. The molecule has 0 aromatic carbocycles. The number of aromatic nitrogens is 4. The summed E-state index contributed by atoms with van der Waals surface area (Å²) < 4.78 is 0. The highest BCUT2D eigenvalue weighted by Crippen LogP contribution is 2.30. The predicted octanol–water partition coefficient (Wildman–Crippen LogP) is 1.63. The molecule has 2 fully saturated rings. The van der Waals surface area contributed by atoms with Crippen LogP contribution in [0.3, 0.4) is 0 Å². The summed E-state index contributed by atoms with van der Waals surface area (Å²) in [7, 11) is 0. The second kappa shape index (κ2) is 6.68. The molecule has 4 heterocycles.